The van der Waals surface area contributed by atoms with Gasteiger partial charge in [0.15, 0.2) is 23.3 Å². The average molecular weight is 259 g/mol. The number of nitrogens with one attached hydrogen (secondary N) is 3. The summed E-state index contributed by atoms with van der Waals surface area (Å²) in [5.74, 6) is -1.66. The third kappa shape index (κ3) is 4.04. The molecule has 1 rings (SSSR count). The van der Waals surface area contributed by atoms with E-state index in [0.717, 1.165) is 6.07 Å². The third-order valence-electron chi connectivity index (χ3n) is 1.99. The fourth-order valence-electron chi connectivity index (χ4n) is 1.25. The van der Waals surface area contributed by atoms with Gasteiger partial charge in [-0.1, -0.05) is 0 Å². The van der Waals surface area contributed by atoms with E-state index in [0.29, 0.717) is 6.54 Å². The first-order valence-corrected chi connectivity index (χ1v) is 5.41. The van der Waals surface area contributed by atoms with Gasteiger partial charge in [0, 0.05) is 25.7 Å². The SMILES string of the molecule is CCNc1nc(NCCNC(N)=O)c(F)cc1F. The first-order chi connectivity index (χ1) is 8.54. The van der Waals surface area contributed by atoms with Gasteiger partial charge >= 0.3 is 6.03 Å². The summed E-state index contributed by atoms with van der Waals surface area (Å²) in [6, 6.07) is 0.0761. The van der Waals surface area contributed by atoms with Crippen molar-refractivity contribution in [1.29, 1.82) is 0 Å². The number of nitrogens with two attached hydrogens (primary N) is 1. The molecule has 0 unspecified atom stereocenters. The van der Waals surface area contributed by atoms with Crippen LogP contribution in [0.3, 0.4) is 0 Å². The lowest BCUT2D eigenvalue weighted by molar-refractivity contribution is 0.249. The Balaban J connectivity index is 2.64. The van der Waals surface area contributed by atoms with Gasteiger partial charge < -0.3 is 21.7 Å². The van der Waals surface area contributed by atoms with Crippen LogP contribution in [0.2, 0.25) is 0 Å². The van der Waals surface area contributed by atoms with E-state index in [-0.39, 0.29) is 24.7 Å². The van der Waals surface area contributed by atoms with Crippen LogP contribution in [0.15, 0.2) is 6.07 Å². The molecule has 18 heavy (non-hydrogen) atoms. The summed E-state index contributed by atoms with van der Waals surface area (Å²) < 4.78 is 26.6. The Morgan fingerprint density at radius 3 is 2.44 bits per heavy atom. The Morgan fingerprint density at radius 2 is 1.89 bits per heavy atom. The van der Waals surface area contributed by atoms with Crippen molar-refractivity contribution in [2.24, 2.45) is 5.73 Å². The van der Waals surface area contributed by atoms with Crippen molar-refractivity contribution in [2.45, 2.75) is 6.92 Å². The second kappa shape index (κ2) is 6.58. The summed E-state index contributed by atoms with van der Waals surface area (Å²) in [7, 11) is 0. The van der Waals surface area contributed by atoms with Crippen LogP contribution in [0.1, 0.15) is 6.92 Å². The molecule has 1 aromatic heterocycles. The van der Waals surface area contributed by atoms with Gasteiger partial charge in [0.1, 0.15) is 0 Å². The second-order valence-electron chi connectivity index (χ2n) is 3.40. The molecule has 100 valence electrons. The van der Waals surface area contributed by atoms with Gasteiger partial charge in [-0.05, 0) is 6.92 Å². The summed E-state index contributed by atoms with van der Waals surface area (Å²) >= 11 is 0. The van der Waals surface area contributed by atoms with Gasteiger partial charge in [-0.25, -0.2) is 18.6 Å². The molecule has 1 heterocycles. The first-order valence-electron chi connectivity index (χ1n) is 5.41. The van der Waals surface area contributed by atoms with Gasteiger partial charge in [0.25, 0.3) is 0 Å². The van der Waals surface area contributed by atoms with Crippen LogP contribution >= 0.6 is 0 Å². The molecule has 0 aromatic carbocycles. The highest BCUT2D eigenvalue weighted by molar-refractivity contribution is 5.71. The molecule has 0 saturated carbocycles. The number of halogens is 2. The molecular formula is C10H15F2N5O. The Labute approximate surface area is 103 Å². The maximum Gasteiger partial charge on any atom is 0.312 e. The van der Waals surface area contributed by atoms with E-state index < -0.39 is 17.7 Å². The van der Waals surface area contributed by atoms with Gasteiger partial charge in [-0.2, -0.15) is 0 Å². The maximum atomic E-state index is 13.4. The first kappa shape index (κ1) is 13.9. The number of hydrogen-bond acceptors (Lipinski definition) is 4. The summed E-state index contributed by atoms with van der Waals surface area (Å²) in [6.07, 6.45) is 0. The lowest BCUT2D eigenvalue weighted by Crippen LogP contribution is -2.33. The minimum Gasteiger partial charge on any atom is -0.368 e. The van der Waals surface area contributed by atoms with E-state index in [9.17, 15) is 13.6 Å². The molecule has 0 aliphatic rings. The van der Waals surface area contributed by atoms with Crippen LogP contribution in [0.4, 0.5) is 25.2 Å². The van der Waals surface area contributed by atoms with Crippen LogP contribution in [-0.4, -0.2) is 30.6 Å². The standard InChI is InChI=1S/C10H15F2N5O/c1-2-14-8-6(11)5-7(12)9(17-8)15-3-4-16-10(13)18/h5H,2-4H2,1H3,(H3,13,16,18)(H2,14,15,17). The van der Waals surface area contributed by atoms with Crippen molar-refractivity contribution in [3.05, 3.63) is 17.7 Å². The number of carbonyl (C=O) groups is 1. The van der Waals surface area contributed by atoms with Crippen molar-refractivity contribution >= 4 is 17.7 Å². The normalized spacial score (nSPS) is 9.94. The summed E-state index contributed by atoms with van der Waals surface area (Å²) in [5, 5.41) is 7.62. The molecule has 0 bridgehead atoms. The number of primary amides is 1. The van der Waals surface area contributed by atoms with Crippen LogP contribution in [-0.2, 0) is 0 Å². The van der Waals surface area contributed by atoms with Gasteiger partial charge in [-0.15, -0.1) is 0 Å². The van der Waals surface area contributed by atoms with E-state index in [2.05, 4.69) is 20.9 Å². The molecule has 5 N–H and O–H groups in total. The summed E-state index contributed by atoms with van der Waals surface area (Å²) in [5.41, 5.74) is 4.86. The molecule has 0 saturated heterocycles. The molecule has 8 heteroatoms. The minimum atomic E-state index is -0.798. The number of nitrogens with zero attached hydrogens (tertiary/aromatic N) is 1. The number of aromatic nitrogens is 1. The largest absolute Gasteiger partial charge is 0.368 e. The maximum absolute atomic E-state index is 13.4. The zero-order valence-corrected chi connectivity index (χ0v) is 9.89. The molecule has 0 fully saturated rings. The number of rotatable bonds is 6. The summed E-state index contributed by atoms with van der Waals surface area (Å²) in [4.78, 5) is 14.2. The number of hydrogen-bond donors (Lipinski definition) is 4. The van der Waals surface area contributed by atoms with E-state index in [4.69, 9.17) is 5.73 Å². The Hall–Kier alpha value is -2.12. The molecule has 2 amide bonds. The zero-order valence-electron chi connectivity index (χ0n) is 9.89. The molecule has 0 aliphatic heterocycles. The van der Waals surface area contributed by atoms with Crippen molar-refractivity contribution in [1.82, 2.24) is 10.3 Å². The Kier molecular flexibility index (Phi) is 5.09. The second-order valence-corrected chi connectivity index (χ2v) is 3.40. The molecule has 1 aromatic rings. The van der Waals surface area contributed by atoms with Crippen molar-refractivity contribution in [3.8, 4) is 0 Å². The lowest BCUT2D eigenvalue weighted by Gasteiger charge is -2.10. The number of anilines is 2. The molecular weight excluding hydrogens is 244 g/mol. The fourth-order valence-corrected chi connectivity index (χ4v) is 1.25. The van der Waals surface area contributed by atoms with E-state index in [1.54, 1.807) is 6.92 Å². The predicted molar refractivity (Wildman–Crippen MR) is 64.4 cm³/mol. The average Bonchev–Trinajstić information content (AvgIpc) is 2.29. The van der Waals surface area contributed by atoms with Gasteiger partial charge in [-0.3, -0.25) is 0 Å². The van der Waals surface area contributed by atoms with Crippen LogP contribution in [0.5, 0.6) is 0 Å². The van der Waals surface area contributed by atoms with Crippen LogP contribution in [0, 0.1) is 11.6 Å². The van der Waals surface area contributed by atoms with Gasteiger partial charge in [0.2, 0.25) is 0 Å². The van der Waals surface area contributed by atoms with Crippen molar-refractivity contribution in [2.75, 3.05) is 30.3 Å². The smallest absolute Gasteiger partial charge is 0.312 e. The highest BCUT2D eigenvalue weighted by Gasteiger charge is 2.10. The Bertz CT molecular complexity index is 427. The summed E-state index contributed by atoms with van der Waals surface area (Å²) in [6.45, 7) is 2.68. The third-order valence-corrected chi connectivity index (χ3v) is 1.99. The lowest BCUT2D eigenvalue weighted by atomic mass is 10.4. The van der Waals surface area contributed by atoms with E-state index >= 15 is 0 Å². The minimum absolute atomic E-state index is 0.0238. The Morgan fingerprint density at radius 1 is 1.28 bits per heavy atom. The molecule has 0 aliphatic carbocycles. The molecule has 0 radical (unpaired) electrons. The monoisotopic (exact) mass is 259 g/mol. The van der Waals surface area contributed by atoms with Crippen LogP contribution < -0.4 is 21.7 Å². The molecule has 0 spiro atoms. The predicted octanol–water partition coefficient (Wildman–Crippen LogP) is 0.872. The zero-order chi connectivity index (χ0) is 13.5. The fraction of sp³-hybridized carbons (Fsp3) is 0.400. The number of carbonyl (C=O) groups excluding carboxylic acids is 1. The number of pyridine rings is 1. The molecule has 6 nitrogen and oxygen atoms in total. The highest BCUT2D eigenvalue weighted by Crippen LogP contribution is 2.18. The van der Waals surface area contributed by atoms with Crippen molar-refractivity contribution < 1.29 is 13.6 Å². The number of amides is 2. The van der Waals surface area contributed by atoms with Crippen molar-refractivity contribution in [3.63, 3.8) is 0 Å². The number of urea groups is 1. The van der Waals surface area contributed by atoms with Gasteiger partial charge in [0.05, 0.1) is 0 Å². The van der Waals surface area contributed by atoms with E-state index in [1.807, 2.05) is 0 Å². The van der Waals surface area contributed by atoms with E-state index in [1.165, 1.54) is 0 Å². The topological polar surface area (TPSA) is 92.1 Å². The highest BCUT2D eigenvalue weighted by atomic mass is 19.1. The van der Waals surface area contributed by atoms with Crippen LogP contribution in [0.25, 0.3) is 0 Å². The molecule has 0 atom stereocenters. The quantitative estimate of drug-likeness (QED) is 0.570.